The zero-order valence-corrected chi connectivity index (χ0v) is 9.14. The molecular weight excluding hydrogens is 221 g/mol. The molecule has 0 amide bonds. The fraction of sp³-hybridized carbons (Fsp3) is 0.0833. The van der Waals surface area contributed by atoms with E-state index in [9.17, 15) is 4.39 Å². The number of aromatic nitrogens is 2. The molecule has 0 aliphatic rings. The fourth-order valence-corrected chi connectivity index (χ4v) is 1.97. The fourth-order valence-electron chi connectivity index (χ4n) is 1.97. The Balaban J connectivity index is 2.32. The van der Waals surface area contributed by atoms with Crippen LogP contribution in [-0.4, -0.2) is 9.72 Å². The summed E-state index contributed by atoms with van der Waals surface area (Å²) in [6.07, 6.45) is 3.23. The smallest absolute Gasteiger partial charge is 0.230 e. The molecule has 0 spiro atoms. The normalized spacial score (nSPS) is 11.2. The SMILES string of the molecule is Cn1ccc2c(F)c(-c3cnoc3N)ccc21. The number of rotatable bonds is 1. The first-order valence-corrected chi connectivity index (χ1v) is 5.12. The van der Waals surface area contributed by atoms with Crippen molar-refractivity contribution in [1.29, 1.82) is 0 Å². The van der Waals surface area contributed by atoms with Crippen molar-refractivity contribution >= 4 is 16.8 Å². The van der Waals surface area contributed by atoms with Crippen LogP contribution in [0.1, 0.15) is 0 Å². The Hall–Kier alpha value is -2.30. The van der Waals surface area contributed by atoms with Gasteiger partial charge in [-0.15, -0.1) is 0 Å². The van der Waals surface area contributed by atoms with Crippen molar-refractivity contribution in [3.63, 3.8) is 0 Å². The quantitative estimate of drug-likeness (QED) is 0.700. The maximum absolute atomic E-state index is 14.3. The number of fused-ring (bicyclic) bond motifs is 1. The summed E-state index contributed by atoms with van der Waals surface area (Å²) < 4.78 is 20.9. The molecule has 86 valence electrons. The zero-order valence-electron chi connectivity index (χ0n) is 9.14. The van der Waals surface area contributed by atoms with Gasteiger partial charge in [0.25, 0.3) is 0 Å². The molecule has 2 N–H and O–H groups in total. The first kappa shape index (κ1) is 9.89. The van der Waals surface area contributed by atoms with E-state index in [1.165, 1.54) is 6.20 Å². The average Bonchev–Trinajstić information content (AvgIpc) is 2.88. The van der Waals surface area contributed by atoms with Gasteiger partial charge in [0.05, 0.1) is 17.3 Å². The van der Waals surface area contributed by atoms with Crippen molar-refractivity contribution in [3.8, 4) is 11.1 Å². The molecular formula is C12H10FN3O. The first-order chi connectivity index (χ1) is 8.18. The molecule has 0 fully saturated rings. The van der Waals surface area contributed by atoms with E-state index in [-0.39, 0.29) is 11.7 Å². The molecule has 0 saturated carbocycles. The highest BCUT2D eigenvalue weighted by Crippen LogP contribution is 2.32. The van der Waals surface area contributed by atoms with Crippen molar-refractivity contribution in [2.24, 2.45) is 7.05 Å². The van der Waals surface area contributed by atoms with Gasteiger partial charge in [-0.1, -0.05) is 5.16 Å². The van der Waals surface area contributed by atoms with E-state index in [0.29, 0.717) is 16.5 Å². The standard InChI is InChI=1S/C12H10FN3O/c1-16-5-4-8-10(16)3-2-7(11(8)13)9-6-15-17-12(9)14/h2-6H,14H2,1H3. The highest BCUT2D eigenvalue weighted by molar-refractivity contribution is 5.88. The van der Waals surface area contributed by atoms with Gasteiger partial charge in [-0.2, -0.15) is 0 Å². The maximum atomic E-state index is 14.3. The van der Waals surface area contributed by atoms with Gasteiger partial charge in [0, 0.05) is 24.2 Å². The van der Waals surface area contributed by atoms with Crippen LogP contribution in [0.15, 0.2) is 35.1 Å². The Morgan fingerprint density at radius 1 is 1.29 bits per heavy atom. The lowest BCUT2D eigenvalue weighted by Crippen LogP contribution is -1.90. The molecule has 0 saturated heterocycles. The molecule has 0 bridgehead atoms. The number of benzene rings is 1. The van der Waals surface area contributed by atoms with E-state index in [0.717, 1.165) is 5.52 Å². The molecule has 2 heterocycles. The Bertz CT molecular complexity index is 699. The maximum Gasteiger partial charge on any atom is 0.230 e. The molecule has 17 heavy (non-hydrogen) atoms. The van der Waals surface area contributed by atoms with Crippen LogP contribution in [0, 0.1) is 5.82 Å². The Kier molecular flexibility index (Phi) is 1.95. The van der Waals surface area contributed by atoms with Gasteiger partial charge in [-0.3, -0.25) is 0 Å². The van der Waals surface area contributed by atoms with E-state index in [1.807, 2.05) is 23.9 Å². The molecule has 0 aliphatic heterocycles. The lowest BCUT2D eigenvalue weighted by molar-refractivity contribution is 0.436. The zero-order chi connectivity index (χ0) is 12.0. The third-order valence-corrected chi connectivity index (χ3v) is 2.89. The Morgan fingerprint density at radius 3 is 2.82 bits per heavy atom. The number of hydrogen-bond donors (Lipinski definition) is 1. The van der Waals surface area contributed by atoms with Crippen molar-refractivity contribution in [2.75, 3.05) is 5.73 Å². The molecule has 3 aromatic rings. The Labute approximate surface area is 96.4 Å². The molecule has 1 aromatic carbocycles. The second-order valence-electron chi connectivity index (χ2n) is 3.89. The first-order valence-electron chi connectivity index (χ1n) is 5.12. The summed E-state index contributed by atoms with van der Waals surface area (Å²) in [5.41, 5.74) is 7.31. The summed E-state index contributed by atoms with van der Waals surface area (Å²) in [5, 5.41) is 4.11. The highest BCUT2D eigenvalue weighted by Gasteiger charge is 2.15. The van der Waals surface area contributed by atoms with Crippen LogP contribution < -0.4 is 5.73 Å². The van der Waals surface area contributed by atoms with Crippen LogP contribution >= 0.6 is 0 Å². The van der Waals surface area contributed by atoms with Gasteiger partial charge >= 0.3 is 0 Å². The van der Waals surface area contributed by atoms with Crippen LogP contribution in [0.3, 0.4) is 0 Å². The summed E-state index contributed by atoms with van der Waals surface area (Å²) >= 11 is 0. The number of nitrogens with zero attached hydrogens (tertiary/aromatic N) is 2. The Morgan fingerprint density at radius 2 is 2.12 bits per heavy atom. The van der Waals surface area contributed by atoms with E-state index in [2.05, 4.69) is 5.16 Å². The molecule has 0 atom stereocenters. The van der Waals surface area contributed by atoms with Gasteiger partial charge in [-0.05, 0) is 18.2 Å². The molecule has 0 aliphatic carbocycles. The van der Waals surface area contributed by atoms with Crippen LogP contribution in [0.2, 0.25) is 0 Å². The number of nitrogens with two attached hydrogens (primary N) is 1. The van der Waals surface area contributed by atoms with Gasteiger partial charge < -0.3 is 14.8 Å². The molecule has 4 nitrogen and oxygen atoms in total. The minimum atomic E-state index is -0.307. The topological polar surface area (TPSA) is 57.0 Å². The summed E-state index contributed by atoms with van der Waals surface area (Å²) in [6.45, 7) is 0. The predicted molar refractivity (Wildman–Crippen MR) is 62.8 cm³/mol. The number of anilines is 1. The van der Waals surface area contributed by atoms with Crippen LogP contribution in [-0.2, 0) is 7.05 Å². The van der Waals surface area contributed by atoms with E-state index in [1.54, 1.807) is 12.1 Å². The monoisotopic (exact) mass is 231 g/mol. The summed E-state index contributed by atoms with van der Waals surface area (Å²) in [6, 6.07) is 5.26. The van der Waals surface area contributed by atoms with Crippen molar-refractivity contribution in [2.45, 2.75) is 0 Å². The van der Waals surface area contributed by atoms with Crippen molar-refractivity contribution < 1.29 is 8.91 Å². The third kappa shape index (κ3) is 1.32. The number of halogens is 1. The molecule has 3 rings (SSSR count). The van der Waals surface area contributed by atoms with Gasteiger partial charge in [0.2, 0.25) is 5.88 Å². The van der Waals surface area contributed by atoms with E-state index < -0.39 is 0 Å². The summed E-state index contributed by atoms with van der Waals surface area (Å²) in [7, 11) is 1.87. The number of nitrogen functional groups attached to an aromatic ring is 1. The van der Waals surface area contributed by atoms with Crippen LogP contribution in [0.5, 0.6) is 0 Å². The van der Waals surface area contributed by atoms with Crippen LogP contribution in [0.4, 0.5) is 10.3 Å². The summed E-state index contributed by atoms with van der Waals surface area (Å²) in [5.74, 6) is -0.183. The minimum Gasteiger partial charge on any atom is -0.367 e. The summed E-state index contributed by atoms with van der Waals surface area (Å²) in [4.78, 5) is 0. The second-order valence-corrected chi connectivity index (χ2v) is 3.89. The van der Waals surface area contributed by atoms with Crippen molar-refractivity contribution in [3.05, 3.63) is 36.4 Å². The largest absolute Gasteiger partial charge is 0.367 e. The predicted octanol–water partition coefficient (Wildman–Crippen LogP) is 2.55. The van der Waals surface area contributed by atoms with E-state index in [4.69, 9.17) is 10.3 Å². The molecule has 0 unspecified atom stereocenters. The van der Waals surface area contributed by atoms with Gasteiger partial charge in [0.15, 0.2) is 0 Å². The molecule has 0 radical (unpaired) electrons. The van der Waals surface area contributed by atoms with Crippen molar-refractivity contribution in [1.82, 2.24) is 9.72 Å². The third-order valence-electron chi connectivity index (χ3n) is 2.89. The molecule has 5 heteroatoms. The number of aryl methyl sites for hydroxylation is 1. The van der Waals surface area contributed by atoms with Crippen LogP contribution in [0.25, 0.3) is 22.0 Å². The average molecular weight is 231 g/mol. The minimum absolute atomic E-state index is 0.124. The van der Waals surface area contributed by atoms with Gasteiger partial charge in [0.1, 0.15) is 5.82 Å². The van der Waals surface area contributed by atoms with E-state index >= 15 is 0 Å². The highest BCUT2D eigenvalue weighted by atomic mass is 19.1. The number of hydrogen-bond acceptors (Lipinski definition) is 3. The lowest BCUT2D eigenvalue weighted by Gasteiger charge is -2.03. The molecule has 2 aromatic heterocycles. The lowest BCUT2D eigenvalue weighted by atomic mass is 10.1. The van der Waals surface area contributed by atoms with Gasteiger partial charge in [-0.25, -0.2) is 4.39 Å². The second kappa shape index (κ2) is 3.35.